The molecule has 1 aromatic carbocycles. The Bertz CT molecular complexity index is 323. The summed E-state index contributed by atoms with van der Waals surface area (Å²) in [6, 6.07) is 4.75. The van der Waals surface area contributed by atoms with E-state index in [1.165, 1.54) is 6.07 Å². The Labute approximate surface area is 84.1 Å². The highest BCUT2D eigenvalue weighted by Gasteiger charge is 2.05. The SMILES string of the molecule is O=C(O)c1ccc(Br)c(CCO)c1. The number of carboxylic acid groups (broad SMARTS) is 1. The number of carboxylic acids is 1. The number of aliphatic hydroxyl groups is 1. The fourth-order valence-electron chi connectivity index (χ4n) is 1.02. The molecule has 0 bridgehead atoms. The molecule has 1 rings (SSSR count). The van der Waals surface area contributed by atoms with Gasteiger partial charge in [0, 0.05) is 11.1 Å². The maximum Gasteiger partial charge on any atom is 0.335 e. The second kappa shape index (κ2) is 4.39. The molecule has 0 aromatic heterocycles. The quantitative estimate of drug-likeness (QED) is 0.851. The minimum absolute atomic E-state index is 0.0155. The van der Waals surface area contributed by atoms with Crippen LogP contribution in [0.3, 0.4) is 0 Å². The van der Waals surface area contributed by atoms with Crippen molar-refractivity contribution in [2.75, 3.05) is 6.61 Å². The standard InChI is InChI=1S/C9H9BrO3/c10-8-2-1-7(9(12)13)5-6(8)3-4-11/h1-2,5,11H,3-4H2,(H,12,13). The van der Waals surface area contributed by atoms with Crippen molar-refractivity contribution in [3.8, 4) is 0 Å². The molecule has 0 fully saturated rings. The first-order chi connectivity index (χ1) is 6.15. The van der Waals surface area contributed by atoms with Gasteiger partial charge in [0.25, 0.3) is 0 Å². The van der Waals surface area contributed by atoms with Gasteiger partial charge in [-0.1, -0.05) is 15.9 Å². The lowest BCUT2D eigenvalue weighted by Crippen LogP contribution is -1.99. The van der Waals surface area contributed by atoms with Gasteiger partial charge in [-0.2, -0.15) is 0 Å². The lowest BCUT2D eigenvalue weighted by atomic mass is 10.1. The zero-order valence-electron chi connectivity index (χ0n) is 6.83. The van der Waals surface area contributed by atoms with Gasteiger partial charge in [-0.15, -0.1) is 0 Å². The van der Waals surface area contributed by atoms with Gasteiger partial charge in [0.1, 0.15) is 0 Å². The molecule has 0 aliphatic rings. The topological polar surface area (TPSA) is 57.5 Å². The van der Waals surface area contributed by atoms with Crippen LogP contribution in [0.25, 0.3) is 0 Å². The third kappa shape index (κ3) is 2.54. The molecule has 3 nitrogen and oxygen atoms in total. The van der Waals surface area contributed by atoms with Gasteiger partial charge in [-0.25, -0.2) is 4.79 Å². The first-order valence-electron chi connectivity index (χ1n) is 3.77. The van der Waals surface area contributed by atoms with Gasteiger partial charge in [0.2, 0.25) is 0 Å². The van der Waals surface area contributed by atoms with Gasteiger partial charge >= 0.3 is 5.97 Å². The number of halogens is 1. The fourth-order valence-corrected chi connectivity index (χ4v) is 1.46. The number of benzene rings is 1. The zero-order chi connectivity index (χ0) is 9.84. The maximum atomic E-state index is 10.6. The smallest absolute Gasteiger partial charge is 0.335 e. The average Bonchev–Trinajstić information content (AvgIpc) is 2.08. The molecule has 0 aliphatic carbocycles. The minimum atomic E-state index is -0.952. The Morgan fingerprint density at radius 3 is 2.69 bits per heavy atom. The molecular formula is C9H9BrO3. The van der Waals surface area contributed by atoms with E-state index in [1.54, 1.807) is 12.1 Å². The summed E-state index contributed by atoms with van der Waals surface area (Å²) >= 11 is 3.28. The van der Waals surface area contributed by atoms with Crippen molar-refractivity contribution < 1.29 is 15.0 Å². The summed E-state index contributed by atoms with van der Waals surface area (Å²) in [6.07, 6.45) is 0.460. The predicted molar refractivity (Wildman–Crippen MR) is 51.9 cm³/mol. The molecule has 0 atom stereocenters. The van der Waals surface area contributed by atoms with E-state index in [0.717, 1.165) is 10.0 Å². The highest BCUT2D eigenvalue weighted by Crippen LogP contribution is 2.18. The molecule has 0 saturated carbocycles. The van der Waals surface area contributed by atoms with Crippen LogP contribution in [0.2, 0.25) is 0 Å². The van der Waals surface area contributed by atoms with Crippen molar-refractivity contribution in [1.29, 1.82) is 0 Å². The number of hydrogen-bond acceptors (Lipinski definition) is 2. The second-order valence-corrected chi connectivity index (χ2v) is 3.44. The predicted octanol–water partition coefficient (Wildman–Crippen LogP) is 1.68. The highest BCUT2D eigenvalue weighted by molar-refractivity contribution is 9.10. The van der Waals surface area contributed by atoms with E-state index in [4.69, 9.17) is 10.2 Å². The highest BCUT2D eigenvalue weighted by atomic mass is 79.9. The summed E-state index contributed by atoms with van der Waals surface area (Å²) in [6.45, 7) is 0.0155. The van der Waals surface area contributed by atoms with E-state index in [9.17, 15) is 4.79 Å². The van der Waals surface area contributed by atoms with E-state index < -0.39 is 5.97 Å². The largest absolute Gasteiger partial charge is 0.478 e. The van der Waals surface area contributed by atoms with E-state index >= 15 is 0 Å². The Balaban J connectivity index is 3.03. The van der Waals surface area contributed by atoms with E-state index in [0.29, 0.717) is 6.42 Å². The molecule has 13 heavy (non-hydrogen) atoms. The summed E-state index contributed by atoms with van der Waals surface area (Å²) in [7, 11) is 0. The van der Waals surface area contributed by atoms with Crippen LogP contribution in [0.5, 0.6) is 0 Å². The van der Waals surface area contributed by atoms with Gasteiger partial charge in [0.05, 0.1) is 5.56 Å². The van der Waals surface area contributed by atoms with Crippen molar-refractivity contribution in [2.24, 2.45) is 0 Å². The van der Waals surface area contributed by atoms with Crippen LogP contribution in [0.1, 0.15) is 15.9 Å². The molecule has 2 N–H and O–H groups in total. The number of hydrogen-bond donors (Lipinski definition) is 2. The molecule has 0 heterocycles. The third-order valence-electron chi connectivity index (χ3n) is 1.67. The lowest BCUT2D eigenvalue weighted by molar-refractivity contribution is 0.0696. The van der Waals surface area contributed by atoms with Crippen molar-refractivity contribution >= 4 is 21.9 Å². The maximum absolute atomic E-state index is 10.6. The second-order valence-electron chi connectivity index (χ2n) is 2.58. The number of rotatable bonds is 3. The molecule has 0 spiro atoms. The molecule has 1 aromatic rings. The number of carbonyl (C=O) groups is 1. The van der Waals surface area contributed by atoms with Gasteiger partial charge in [0.15, 0.2) is 0 Å². The van der Waals surface area contributed by atoms with Crippen LogP contribution >= 0.6 is 15.9 Å². The zero-order valence-corrected chi connectivity index (χ0v) is 8.41. The fraction of sp³-hybridized carbons (Fsp3) is 0.222. The van der Waals surface area contributed by atoms with Gasteiger partial charge in [-0.3, -0.25) is 0 Å². The van der Waals surface area contributed by atoms with E-state index in [2.05, 4.69) is 15.9 Å². The van der Waals surface area contributed by atoms with Crippen LogP contribution in [-0.4, -0.2) is 22.8 Å². The minimum Gasteiger partial charge on any atom is -0.478 e. The molecular weight excluding hydrogens is 236 g/mol. The molecule has 0 saturated heterocycles. The van der Waals surface area contributed by atoms with Crippen LogP contribution in [0.15, 0.2) is 22.7 Å². The van der Waals surface area contributed by atoms with E-state index in [1.807, 2.05) is 0 Å². The first-order valence-corrected chi connectivity index (χ1v) is 4.57. The lowest BCUT2D eigenvalue weighted by Gasteiger charge is -2.03. The number of aliphatic hydroxyl groups excluding tert-OH is 1. The molecule has 70 valence electrons. The summed E-state index contributed by atoms with van der Waals surface area (Å²) in [4.78, 5) is 10.6. The Kier molecular flexibility index (Phi) is 3.45. The van der Waals surface area contributed by atoms with Crippen molar-refractivity contribution in [3.63, 3.8) is 0 Å². The monoisotopic (exact) mass is 244 g/mol. The molecule has 0 radical (unpaired) electrons. The average molecular weight is 245 g/mol. The Morgan fingerprint density at radius 2 is 2.15 bits per heavy atom. The summed E-state index contributed by atoms with van der Waals surface area (Å²) < 4.78 is 0.826. The summed E-state index contributed by atoms with van der Waals surface area (Å²) in [5, 5.41) is 17.4. The van der Waals surface area contributed by atoms with Crippen molar-refractivity contribution in [3.05, 3.63) is 33.8 Å². The molecule has 4 heteroatoms. The number of aromatic carboxylic acids is 1. The first kappa shape index (κ1) is 10.2. The third-order valence-corrected chi connectivity index (χ3v) is 2.45. The van der Waals surface area contributed by atoms with Crippen molar-refractivity contribution in [1.82, 2.24) is 0 Å². The van der Waals surface area contributed by atoms with Crippen LogP contribution in [0.4, 0.5) is 0 Å². The normalized spacial score (nSPS) is 10.0. The van der Waals surface area contributed by atoms with Gasteiger partial charge < -0.3 is 10.2 Å². The van der Waals surface area contributed by atoms with E-state index in [-0.39, 0.29) is 12.2 Å². The van der Waals surface area contributed by atoms with Crippen LogP contribution in [-0.2, 0) is 6.42 Å². The van der Waals surface area contributed by atoms with Crippen LogP contribution in [0, 0.1) is 0 Å². The Morgan fingerprint density at radius 1 is 1.46 bits per heavy atom. The Hall–Kier alpha value is -0.870. The molecule has 0 aliphatic heterocycles. The van der Waals surface area contributed by atoms with Gasteiger partial charge in [-0.05, 0) is 30.2 Å². The molecule has 0 amide bonds. The summed E-state index contributed by atoms with van der Waals surface area (Å²) in [5.41, 5.74) is 1.05. The summed E-state index contributed by atoms with van der Waals surface area (Å²) in [5.74, 6) is -0.952. The van der Waals surface area contributed by atoms with Crippen LogP contribution < -0.4 is 0 Å². The molecule has 0 unspecified atom stereocenters. The van der Waals surface area contributed by atoms with Crippen molar-refractivity contribution in [2.45, 2.75) is 6.42 Å².